The van der Waals surface area contributed by atoms with Crippen molar-refractivity contribution in [3.8, 4) is 11.5 Å². The highest BCUT2D eigenvalue weighted by Gasteiger charge is 2.25. The molecule has 0 aliphatic carbocycles. The summed E-state index contributed by atoms with van der Waals surface area (Å²) < 4.78 is 11.7. The second-order valence-electron chi connectivity index (χ2n) is 6.44. The van der Waals surface area contributed by atoms with E-state index < -0.39 is 0 Å². The number of carbonyl (C=O) groups excluding carboxylic acids is 1. The van der Waals surface area contributed by atoms with Gasteiger partial charge < -0.3 is 19.3 Å². The SMILES string of the molecule is COc1cccc(C(=O)N2CCN(c3nc4c(OC)c(Cl)ccc4s3)CC2)c1. The van der Waals surface area contributed by atoms with Gasteiger partial charge in [0.25, 0.3) is 5.91 Å². The number of methoxy groups -OCH3 is 2. The molecule has 3 aromatic rings. The van der Waals surface area contributed by atoms with Gasteiger partial charge in [0.05, 0.1) is 23.9 Å². The molecule has 8 heteroatoms. The van der Waals surface area contributed by atoms with Crippen molar-refractivity contribution in [1.82, 2.24) is 9.88 Å². The second-order valence-corrected chi connectivity index (χ2v) is 7.85. The van der Waals surface area contributed by atoms with Crippen LogP contribution in [0.1, 0.15) is 10.4 Å². The van der Waals surface area contributed by atoms with Gasteiger partial charge in [0, 0.05) is 31.7 Å². The normalized spacial score (nSPS) is 14.4. The highest BCUT2D eigenvalue weighted by atomic mass is 35.5. The van der Waals surface area contributed by atoms with E-state index in [1.54, 1.807) is 31.6 Å². The van der Waals surface area contributed by atoms with Crippen LogP contribution in [0.15, 0.2) is 36.4 Å². The minimum Gasteiger partial charge on any atom is -0.497 e. The molecule has 1 amide bonds. The van der Waals surface area contributed by atoms with Crippen molar-refractivity contribution in [2.24, 2.45) is 0 Å². The molecule has 1 aromatic heterocycles. The Hall–Kier alpha value is -2.51. The maximum Gasteiger partial charge on any atom is 0.254 e. The van der Waals surface area contributed by atoms with E-state index in [4.69, 9.17) is 26.1 Å². The smallest absolute Gasteiger partial charge is 0.254 e. The van der Waals surface area contributed by atoms with E-state index >= 15 is 0 Å². The number of rotatable bonds is 4. The zero-order valence-electron chi connectivity index (χ0n) is 15.6. The van der Waals surface area contributed by atoms with Gasteiger partial charge in [-0.25, -0.2) is 4.98 Å². The van der Waals surface area contributed by atoms with Crippen LogP contribution in [-0.4, -0.2) is 56.2 Å². The number of fused-ring (bicyclic) bond motifs is 1. The average Bonchev–Trinajstić information content (AvgIpc) is 3.17. The van der Waals surface area contributed by atoms with Crippen LogP contribution in [0.4, 0.5) is 5.13 Å². The fourth-order valence-electron chi connectivity index (χ4n) is 3.30. The number of hydrogen-bond acceptors (Lipinski definition) is 6. The lowest BCUT2D eigenvalue weighted by molar-refractivity contribution is 0.0746. The summed E-state index contributed by atoms with van der Waals surface area (Å²) in [7, 11) is 3.20. The van der Waals surface area contributed by atoms with Crippen molar-refractivity contribution in [2.45, 2.75) is 0 Å². The summed E-state index contributed by atoms with van der Waals surface area (Å²) in [5.41, 5.74) is 1.43. The lowest BCUT2D eigenvalue weighted by atomic mass is 10.1. The summed E-state index contributed by atoms with van der Waals surface area (Å²) in [6, 6.07) is 11.1. The van der Waals surface area contributed by atoms with Gasteiger partial charge in [-0.15, -0.1) is 0 Å². The minimum atomic E-state index is 0.0244. The second kappa shape index (κ2) is 7.85. The molecule has 1 aliphatic heterocycles. The molecular formula is C20H20ClN3O3S. The molecule has 28 heavy (non-hydrogen) atoms. The highest BCUT2D eigenvalue weighted by molar-refractivity contribution is 7.22. The van der Waals surface area contributed by atoms with E-state index in [1.165, 1.54) is 0 Å². The van der Waals surface area contributed by atoms with Crippen molar-refractivity contribution in [3.63, 3.8) is 0 Å². The van der Waals surface area contributed by atoms with Crippen molar-refractivity contribution in [1.29, 1.82) is 0 Å². The zero-order chi connectivity index (χ0) is 19.7. The van der Waals surface area contributed by atoms with Gasteiger partial charge in [0.1, 0.15) is 11.3 Å². The molecule has 2 heterocycles. The summed E-state index contributed by atoms with van der Waals surface area (Å²) in [6.07, 6.45) is 0. The van der Waals surface area contributed by atoms with Crippen molar-refractivity contribution in [3.05, 3.63) is 47.0 Å². The molecule has 4 rings (SSSR count). The Morgan fingerprint density at radius 1 is 1.11 bits per heavy atom. The number of nitrogens with zero attached hydrogens (tertiary/aromatic N) is 3. The van der Waals surface area contributed by atoms with Gasteiger partial charge in [0.15, 0.2) is 10.9 Å². The van der Waals surface area contributed by atoms with Crippen molar-refractivity contribution < 1.29 is 14.3 Å². The first-order valence-electron chi connectivity index (χ1n) is 8.92. The van der Waals surface area contributed by atoms with Gasteiger partial charge in [-0.2, -0.15) is 0 Å². The van der Waals surface area contributed by atoms with E-state index in [0.29, 0.717) is 35.2 Å². The quantitative estimate of drug-likeness (QED) is 0.643. The molecule has 6 nitrogen and oxygen atoms in total. The number of halogens is 1. The fraction of sp³-hybridized carbons (Fsp3) is 0.300. The van der Waals surface area contributed by atoms with Crippen LogP contribution < -0.4 is 14.4 Å². The Morgan fingerprint density at radius 2 is 1.89 bits per heavy atom. The largest absolute Gasteiger partial charge is 0.497 e. The molecule has 1 saturated heterocycles. The van der Waals surface area contributed by atoms with Gasteiger partial charge in [-0.1, -0.05) is 29.0 Å². The summed E-state index contributed by atoms with van der Waals surface area (Å²) in [4.78, 5) is 21.6. The number of carbonyl (C=O) groups is 1. The van der Waals surface area contributed by atoms with E-state index in [9.17, 15) is 4.79 Å². The van der Waals surface area contributed by atoms with Crippen LogP contribution in [0.5, 0.6) is 11.5 Å². The molecule has 0 bridgehead atoms. The minimum absolute atomic E-state index is 0.0244. The van der Waals surface area contributed by atoms with Crippen LogP contribution in [0.3, 0.4) is 0 Å². The van der Waals surface area contributed by atoms with Crippen molar-refractivity contribution >= 4 is 44.2 Å². The van der Waals surface area contributed by atoms with Crippen molar-refractivity contribution in [2.75, 3.05) is 45.3 Å². The lowest BCUT2D eigenvalue weighted by Crippen LogP contribution is -2.48. The maximum absolute atomic E-state index is 12.8. The van der Waals surface area contributed by atoms with E-state index in [1.807, 2.05) is 35.2 Å². The standard InChI is InChI=1S/C20H20ClN3O3S/c1-26-14-5-3-4-13(12-14)19(25)23-8-10-24(11-9-23)20-22-17-16(28-20)7-6-15(21)18(17)27-2/h3-7,12H,8-11H2,1-2H3. The molecule has 0 radical (unpaired) electrons. The Balaban J connectivity index is 1.48. The maximum atomic E-state index is 12.8. The number of hydrogen-bond donors (Lipinski definition) is 0. The van der Waals surface area contributed by atoms with Gasteiger partial charge >= 0.3 is 0 Å². The summed E-state index contributed by atoms with van der Waals surface area (Å²) in [5, 5.41) is 1.48. The number of thiazole rings is 1. The Kier molecular flexibility index (Phi) is 5.28. The molecule has 146 valence electrons. The third-order valence-corrected chi connectivity index (χ3v) is 6.19. The molecule has 1 fully saturated rings. The molecular weight excluding hydrogens is 398 g/mol. The number of piperazine rings is 1. The first kappa shape index (κ1) is 18.8. The van der Waals surface area contributed by atoms with Crippen LogP contribution in [-0.2, 0) is 0 Å². The summed E-state index contributed by atoms with van der Waals surface area (Å²) in [6.45, 7) is 2.74. The van der Waals surface area contributed by atoms with E-state index in [2.05, 4.69) is 4.90 Å². The first-order valence-corrected chi connectivity index (χ1v) is 10.1. The van der Waals surface area contributed by atoms with Crippen LogP contribution in [0, 0.1) is 0 Å². The van der Waals surface area contributed by atoms with Crippen LogP contribution in [0.25, 0.3) is 10.2 Å². The first-order chi connectivity index (χ1) is 13.6. The molecule has 0 spiro atoms. The molecule has 0 atom stereocenters. The third-order valence-electron chi connectivity index (χ3n) is 4.81. The number of ether oxygens (including phenoxy) is 2. The summed E-state index contributed by atoms with van der Waals surface area (Å²) >= 11 is 7.81. The third kappa shape index (κ3) is 3.47. The molecule has 0 N–H and O–H groups in total. The molecule has 1 aliphatic rings. The molecule has 2 aromatic carbocycles. The number of benzene rings is 2. The average molecular weight is 418 g/mol. The number of aromatic nitrogens is 1. The predicted octanol–water partition coefficient (Wildman–Crippen LogP) is 3.93. The Labute approximate surface area is 172 Å². The van der Waals surface area contributed by atoms with Crippen LogP contribution in [0.2, 0.25) is 5.02 Å². The predicted molar refractivity (Wildman–Crippen MR) is 112 cm³/mol. The molecule has 0 saturated carbocycles. The van der Waals surface area contributed by atoms with E-state index in [0.717, 1.165) is 28.4 Å². The van der Waals surface area contributed by atoms with E-state index in [-0.39, 0.29) is 5.91 Å². The van der Waals surface area contributed by atoms with Gasteiger partial charge in [-0.05, 0) is 30.3 Å². The zero-order valence-corrected chi connectivity index (χ0v) is 17.2. The number of anilines is 1. The lowest BCUT2D eigenvalue weighted by Gasteiger charge is -2.34. The molecule has 0 unspecified atom stereocenters. The number of amides is 1. The summed E-state index contributed by atoms with van der Waals surface area (Å²) in [5.74, 6) is 1.32. The fourth-order valence-corrected chi connectivity index (χ4v) is 4.55. The Bertz CT molecular complexity index is 1020. The topological polar surface area (TPSA) is 54.9 Å². The highest BCUT2D eigenvalue weighted by Crippen LogP contribution is 2.38. The van der Waals surface area contributed by atoms with Crippen LogP contribution >= 0.6 is 22.9 Å². The van der Waals surface area contributed by atoms with Gasteiger partial charge in [0.2, 0.25) is 0 Å². The van der Waals surface area contributed by atoms with Gasteiger partial charge in [-0.3, -0.25) is 4.79 Å². The monoisotopic (exact) mass is 417 g/mol. The Morgan fingerprint density at radius 3 is 2.61 bits per heavy atom.